The molecular weight excluding hydrogens is 264 g/mol. The fraction of sp³-hybridized carbons (Fsp3) is 0.846. The summed E-state index contributed by atoms with van der Waals surface area (Å²) in [6.07, 6.45) is 6.35. The molecule has 1 rings (SSSR count). The molecule has 0 aromatic carbocycles. The summed E-state index contributed by atoms with van der Waals surface area (Å²) in [5, 5.41) is 15.1. The molecular formula is C13H24N2O3S. The quantitative estimate of drug-likeness (QED) is 0.723. The molecule has 0 heterocycles. The van der Waals surface area contributed by atoms with E-state index in [0.717, 1.165) is 19.3 Å². The van der Waals surface area contributed by atoms with Crippen molar-refractivity contribution in [3.05, 3.63) is 0 Å². The van der Waals surface area contributed by atoms with Gasteiger partial charge in [-0.25, -0.2) is 9.59 Å². The second-order valence-electron chi connectivity index (χ2n) is 5.40. The van der Waals surface area contributed by atoms with Gasteiger partial charge in [-0.3, -0.25) is 0 Å². The van der Waals surface area contributed by atoms with E-state index < -0.39 is 12.0 Å². The van der Waals surface area contributed by atoms with Gasteiger partial charge in [0.25, 0.3) is 0 Å². The highest BCUT2D eigenvalue weighted by Gasteiger charge is 2.26. The molecule has 1 fully saturated rings. The molecule has 110 valence electrons. The zero-order valence-electron chi connectivity index (χ0n) is 11.8. The predicted molar refractivity (Wildman–Crippen MR) is 77.5 cm³/mol. The first-order valence-electron chi connectivity index (χ1n) is 6.76. The topological polar surface area (TPSA) is 78.4 Å². The maximum atomic E-state index is 11.8. The number of carbonyl (C=O) groups excluding carboxylic acids is 1. The minimum Gasteiger partial charge on any atom is -0.480 e. The number of carboxylic acid groups (broad SMARTS) is 1. The molecule has 1 aliphatic carbocycles. The molecule has 2 unspecified atom stereocenters. The number of rotatable bonds is 5. The number of carboxylic acids is 1. The molecule has 6 heteroatoms. The summed E-state index contributed by atoms with van der Waals surface area (Å²) in [7, 11) is 0. The lowest BCUT2D eigenvalue weighted by Gasteiger charge is -2.29. The van der Waals surface area contributed by atoms with Gasteiger partial charge in [0, 0.05) is 11.3 Å². The highest BCUT2D eigenvalue weighted by molar-refractivity contribution is 7.99. The number of hydrogen-bond acceptors (Lipinski definition) is 3. The van der Waals surface area contributed by atoms with Gasteiger partial charge in [0.15, 0.2) is 0 Å². The van der Waals surface area contributed by atoms with Gasteiger partial charge in [-0.1, -0.05) is 20.3 Å². The molecule has 0 saturated heterocycles. The highest BCUT2D eigenvalue weighted by Crippen LogP contribution is 2.26. The Bertz CT molecular complexity index is 323. The van der Waals surface area contributed by atoms with Crippen LogP contribution in [0.5, 0.6) is 0 Å². The Labute approximate surface area is 118 Å². The smallest absolute Gasteiger partial charge is 0.326 e. The fourth-order valence-corrected chi connectivity index (χ4v) is 3.20. The number of aliphatic carboxylic acids is 1. The third-order valence-corrected chi connectivity index (χ3v) is 4.61. The van der Waals surface area contributed by atoms with E-state index in [1.807, 2.05) is 11.8 Å². The van der Waals surface area contributed by atoms with Crippen LogP contribution in [0, 0.1) is 5.92 Å². The molecule has 1 saturated carbocycles. The zero-order valence-corrected chi connectivity index (χ0v) is 12.6. The number of carbonyl (C=O) groups is 2. The first-order valence-corrected chi connectivity index (χ1v) is 8.05. The number of urea groups is 1. The average molecular weight is 288 g/mol. The Morgan fingerprint density at radius 3 is 2.53 bits per heavy atom. The van der Waals surface area contributed by atoms with Crippen molar-refractivity contribution < 1.29 is 14.7 Å². The van der Waals surface area contributed by atoms with Crippen LogP contribution in [0.4, 0.5) is 4.79 Å². The van der Waals surface area contributed by atoms with Crippen molar-refractivity contribution in [3.63, 3.8) is 0 Å². The van der Waals surface area contributed by atoms with E-state index in [1.54, 1.807) is 13.8 Å². The van der Waals surface area contributed by atoms with Gasteiger partial charge < -0.3 is 15.7 Å². The van der Waals surface area contributed by atoms with Gasteiger partial charge in [0.2, 0.25) is 0 Å². The van der Waals surface area contributed by atoms with Crippen LogP contribution in [-0.2, 0) is 4.79 Å². The first-order chi connectivity index (χ1) is 8.93. The van der Waals surface area contributed by atoms with Crippen molar-refractivity contribution in [3.8, 4) is 0 Å². The fourth-order valence-electron chi connectivity index (χ4n) is 2.37. The molecule has 3 atom stereocenters. The van der Waals surface area contributed by atoms with Crippen molar-refractivity contribution in [1.82, 2.24) is 10.6 Å². The second-order valence-corrected chi connectivity index (χ2v) is 6.54. The molecule has 0 bridgehead atoms. The van der Waals surface area contributed by atoms with Gasteiger partial charge in [-0.2, -0.15) is 11.8 Å². The Hall–Kier alpha value is -0.910. The van der Waals surface area contributed by atoms with Crippen LogP contribution in [0.3, 0.4) is 0 Å². The summed E-state index contributed by atoms with van der Waals surface area (Å²) in [5.74, 6) is -1.12. The van der Waals surface area contributed by atoms with Crippen molar-refractivity contribution in [2.75, 3.05) is 6.26 Å². The molecule has 0 spiro atoms. The Balaban J connectivity index is 2.43. The second kappa shape index (κ2) is 7.62. The van der Waals surface area contributed by atoms with Crippen LogP contribution >= 0.6 is 11.8 Å². The number of amides is 2. The predicted octanol–water partition coefficient (Wildman–Crippen LogP) is 2.07. The highest BCUT2D eigenvalue weighted by atomic mass is 32.2. The van der Waals surface area contributed by atoms with Gasteiger partial charge >= 0.3 is 12.0 Å². The van der Waals surface area contributed by atoms with Gasteiger partial charge in [-0.15, -0.1) is 0 Å². The zero-order chi connectivity index (χ0) is 14.4. The molecule has 5 nitrogen and oxygen atoms in total. The Kier molecular flexibility index (Phi) is 6.48. The van der Waals surface area contributed by atoms with Crippen LogP contribution in [0.1, 0.15) is 39.5 Å². The van der Waals surface area contributed by atoms with Crippen LogP contribution in [-0.4, -0.2) is 40.7 Å². The van der Waals surface area contributed by atoms with Gasteiger partial charge in [-0.05, 0) is 31.4 Å². The molecule has 0 aromatic heterocycles. The standard InChI is InChI=1S/C13H24N2O3S/c1-8(2)11(12(16)17)15-13(18)14-9-5-4-6-10(7-9)19-3/h8-11H,4-7H2,1-3H3,(H,16,17)(H2,14,15,18)/t9?,10?,11-/m1/s1. The molecule has 1 aliphatic rings. The monoisotopic (exact) mass is 288 g/mol. The van der Waals surface area contributed by atoms with Crippen molar-refractivity contribution in [1.29, 1.82) is 0 Å². The number of thioether (sulfide) groups is 1. The number of hydrogen-bond donors (Lipinski definition) is 3. The van der Waals surface area contributed by atoms with E-state index >= 15 is 0 Å². The third kappa shape index (κ3) is 5.30. The summed E-state index contributed by atoms with van der Waals surface area (Å²) >= 11 is 1.83. The van der Waals surface area contributed by atoms with E-state index in [1.165, 1.54) is 6.42 Å². The van der Waals surface area contributed by atoms with E-state index in [-0.39, 0.29) is 18.0 Å². The summed E-state index contributed by atoms with van der Waals surface area (Å²) in [5.41, 5.74) is 0. The molecule has 2 amide bonds. The van der Waals surface area contributed by atoms with E-state index in [9.17, 15) is 9.59 Å². The Morgan fingerprint density at radius 2 is 2.00 bits per heavy atom. The van der Waals surface area contributed by atoms with Crippen molar-refractivity contribution >= 4 is 23.8 Å². The minimum atomic E-state index is -0.990. The van der Waals surface area contributed by atoms with Crippen molar-refractivity contribution in [2.24, 2.45) is 5.92 Å². The normalized spacial score (nSPS) is 24.8. The van der Waals surface area contributed by atoms with Crippen LogP contribution in [0.15, 0.2) is 0 Å². The maximum Gasteiger partial charge on any atom is 0.326 e. The average Bonchev–Trinajstić information content (AvgIpc) is 2.35. The summed E-state index contributed by atoms with van der Waals surface area (Å²) < 4.78 is 0. The van der Waals surface area contributed by atoms with Crippen LogP contribution < -0.4 is 10.6 Å². The van der Waals surface area contributed by atoms with Crippen molar-refractivity contribution in [2.45, 2.75) is 56.9 Å². The first kappa shape index (κ1) is 16.1. The SMILES string of the molecule is CSC1CCCC(NC(=O)N[C@@H](C(=O)O)C(C)C)C1. The summed E-state index contributed by atoms with van der Waals surface area (Å²) in [6, 6.07) is -1.04. The number of nitrogens with one attached hydrogen (secondary N) is 2. The van der Waals surface area contributed by atoms with E-state index in [0.29, 0.717) is 5.25 Å². The van der Waals surface area contributed by atoms with E-state index in [4.69, 9.17) is 5.11 Å². The van der Waals surface area contributed by atoms with Gasteiger partial charge in [0.1, 0.15) is 6.04 Å². The lowest BCUT2D eigenvalue weighted by molar-refractivity contribution is -0.140. The maximum absolute atomic E-state index is 11.8. The molecule has 0 radical (unpaired) electrons. The summed E-state index contributed by atoms with van der Waals surface area (Å²) in [4.78, 5) is 22.9. The minimum absolute atomic E-state index is 0.131. The largest absolute Gasteiger partial charge is 0.480 e. The Morgan fingerprint density at radius 1 is 1.32 bits per heavy atom. The molecule has 0 aliphatic heterocycles. The lowest BCUT2D eigenvalue weighted by Crippen LogP contribution is -2.51. The van der Waals surface area contributed by atoms with E-state index in [2.05, 4.69) is 16.9 Å². The molecule has 3 N–H and O–H groups in total. The summed E-state index contributed by atoms with van der Waals surface area (Å²) in [6.45, 7) is 3.56. The van der Waals surface area contributed by atoms with Gasteiger partial charge in [0.05, 0.1) is 0 Å². The lowest BCUT2D eigenvalue weighted by atomic mass is 9.95. The van der Waals surface area contributed by atoms with Crippen LogP contribution in [0.2, 0.25) is 0 Å². The molecule has 0 aromatic rings. The third-order valence-electron chi connectivity index (χ3n) is 3.51. The van der Waals surface area contributed by atoms with Crippen LogP contribution in [0.25, 0.3) is 0 Å². The molecule has 19 heavy (non-hydrogen) atoms.